The largest absolute Gasteiger partial charge is 0.393 e. The minimum Gasteiger partial charge on any atom is -0.393 e. The molecule has 8 nitrogen and oxygen atoms in total. The van der Waals surface area contributed by atoms with Gasteiger partial charge in [-0.25, -0.2) is 15.0 Å². The van der Waals surface area contributed by atoms with Crippen molar-refractivity contribution in [2.75, 3.05) is 17.2 Å². The van der Waals surface area contributed by atoms with Gasteiger partial charge in [-0.15, -0.1) is 0 Å². The highest BCUT2D eigenvalue weighted by atomic mass is 16.3. The highest BCUT2D eigenvalue weighted by Gasteiger charge is 2.36. The van der Waals surface area contributed by atoms with Gasteiger partial charge >= 0.3 is 0 Å². The van der Waals surface area contributed by atoms with Gasteiger partial charge in [-0.05, 0) is 49.5 Å². The van der Waals surface area contributed by atoms with Crippen LogP contribution in [0.1, 0.15) is 70.2 Å². The van der Waals surface area contributed by atoms with E-state index in [9.17, 15) is 10.4 Å². The van der Waals surface area contributed by atoms with Crippen LogP contribution in [-0.2, 0) is 6.42 Å². The van der Waals surface area contributed by atoms with Crippen molar-refractivity contribution in [1.29, 1.82) is 5.26 Å². The van der Waals surface area contributed by atoms with Crippen molar-refractivity contribution >= 4 is 11.8 Å². The van der Waals surface area contributed by atoms with E-state index in [1.807, 2.05) is 12.4 Å². The van der Waals surface area contributed by atoms with Crippen LogP contribution in [0, 0.1) is 16.7 Å². The fourth-order valence-corrected chi connectivity index (χ4v) is 3.96. The zero-order valence-corrected chi connectivity index (χ0v) is 17.6. The second kappa shape index (κ2) is 8.52. The molecule has 0 unspecified atom stereocenters. The van der Waals surface area contributed by atoms with Gasteiger partial charge < -0.3 is 15.7 Å². The van der Waals surface area contributed by atoms with Crippen molar-refractivity contribution in [2.24, 2.45) is 5.41 Å². The molecule has 4 rings (SSSR count). The standard InChI is InChI=1S/C22H29N7O.H2/c1-22(2)9-17(5-6-18(22)30)28-20-16(10-23)13-27-21(29-20)24-8-7-14-11-25-19(26-12-14)15-3-4-15;/h11-13,15,17-18,30H,3-9H2,1-2H3,(H2,24,27,28,29);1H/t17-,18+;/m1./s1. The Kier molecular flexibility index (Phi) is 5.82. The maximum absolute atomic E-state index is 10.2. The Morgan fingerprint density at radius 2 is 1.93 bits per heavy atom. The Morgan fingerprint density at radius 1 is 1.17 bits per heavy atom. The van der Waals surface area contributed by atoms with Crippen LogP contribution in [0.15, 0.2) is 18.6 Å². The minimum absolute atomic E-state index is 0. The summed E-state index contributed by atoms with van der Waals surface area (Å²) in [5, 5.41) is 26.2. The Morgan fingerprint density at radius 3 is 2.60 bits per heavy atom. The normalized spacial score (nSPS) is 22.9. The van der Waals surface area contributed by atoms with Crippen LogP contribution in [0.25, 0.3) is 0 Å². The molecule has 0 aliphatic heterocycles. The van der Waals surface area contributed by atoms with Gasteiger partial charge in [0.1, 0.15) is 23.3 Å². The van der Waals surface area contributed by atoms with Crippen LogP contribution < -0.4 is 10.6 Å². The van der Waals surface area contributed by atoms with E-state index in [0.717, 1.165) is 37.1 Å². The van der Waals surface area contributed by atoms with Gasteiger partial charge in [-0.2, -0.15) is 10.2 Å². The summed E-state index contributed by atoms with van der Waals surface area (Å²) in [6.07, 6.45) is 10.6. The van der Waals surface area contributed by atoms with Crippen molar-refractivity contribution in [3.8, 4) is 6.07 Å². The molecule has 2 atom stereocenters. The third-order valence-electron chi connectivity index (χ3n) is 6.08. The monoisotopic (exact) mass is 409 g/mol. The Labute approximate surface area is 178 Å². The number of aromatic nitrogens is 4. The molecule has 0 bridgehead atoms. The van der Waals surface area contributed by atoms with Crippen molar-refractivity contribution in [2.45, 2.75) is 70.4 Å². The summed E-state index contributed by atoms with van der Waals surface area (Å²) in [5.74, 6) is 2.55. The first-order valence-electron chi connectivity index (χ1n) is 10.7. The number of nitriles is 1. The number of rotatable bonds is 7. The Bertz CT molecular complexity index is 924. The van der Waals surface area contributed by atoms with E-state index in [0.29, 0.717) is 29.8 Å². The molecule has 0 amide bonds. The average Bonchev–Trinajstić information content (AvgIpc) is 3.57. The average molecular weight is 410 g/mol. The molecule has 2 heterocycles. The first-order valence-corrected chi connectivity index (χ1v) is 10.7. The summed E-state index contributed by atoms with van der Waals surface area (Å²) in [6, 6.07) is 2.33. The number of hydrogen-bond acceptors (Lipinski definition) is 8. The highest BCUT2D eigenvalue weighted by Crippen LogP contribution is 2.38. The zero-order valence-electron chi connectivity index (χ0n) is 17.6. The van der Waals surface area contributed by atoms with E-state index in [1.54, 1.807) is 6.20 Å². The molecule has 8 heteroatoms. The second-order valence-corrected chi connectivity index (χ2v) is 9.10. The Balaban J connectivity index is 0.00000272. The summed E-state index contributed by atoms with van der Waals surface area (Å²) in [6.45, 7) is 4.80. The lowest BCUT2D eigenvalue weighted by Crippen LogP contribution is -2.41. The highest BCUT2D eigenvalue weighted by molar-refractivity contribution is 5.54. The molecule has 2 aliphatic rings. The summed E-state index contributed by atoms with van der Waals surface area (Å²) in [5.41, 5.74) is 1.34. The number of anilines is 2. The molecule has 30 heavy (non-hydrogen) atoms. The maximum atomic E-state index is 10.2. The lowest BCUT2D eigenvalue weighted by Gasteiger charge is -2.40. The van der Waals surface area contributed by atoms with E-state index in [-0.39, 0.29) is 19.0 Å². The molecule has 0 spiro atoms. The van der Waals surface area contributed by atoms with Crippen molar-refractivity contribution in [3.05, 3.63) is 35.5 Å². The first kappa shape index (κ1) is 20.5. The number of aliphatic hydroxyl groups excluding tert-OH is 1. The summed E-state index contributed by atoms with van der Waals surface area (Å²) in [7, 11) is 0. The number of nitrogens with one attached hydrogen (secondary N) is 2. The molecule has 0 saturated heterocycles. The van der Waals surface area contributed by atoms with Crippen LogP contribution in [0.5, 0.6) is 0 Å². The van der Waals surface area contributed by atoms with Crippen LogP contribution in [0.4, 0.5) is 11.8 Å². The van der Waals surface area contributed by atoms with Gasteiger partial charge in [0.25, 0.3) is 0 Å². The van der Waals surface area contributed by atoms with Crippen molar-refractivity contribution in [3.63, 3.8) is 0 Å². The molecule has 2 aromatic rings. The van der Waals surface area contributed by atoms with Crippen molar-refractivity contribution in [1.82, 2.24) is 19.9 Å². The van der Waals surface area contributed by atoms with E-state index < -0.39 is 0 Å². The molecule has 0 radical (unpaired) electrons. The molecular formula is C22H31N7O. The van der Waals surface area contributed by atoms with Gasteiger partial charge in [0.2, 0.25) is 5.95 Å². The molecule has 3 N–H and O–H groups in total. The van der Waals surface area contributed by atoms with Crippen LogP contribution in [0.2, 0.25) is 0 Å². The Hall–Kier alpha value is -2.79. The maximum Gasteiger partial charge on any atom is 0.224 e. The van der Waals surface area contributed by atoms with E-state index in [1.165, 1.54) is 12.8 Å². The smallest absolute Gasteiger partial charge is 0.224 e. The topological polar surface area (TPSA) is 120 Å². The van der Waals surface area contributed by atoms with E-state index in [2.05, 4.69) is 50.5 Å². The molecule has 160 valence electrons. The molecular weight excluding hydrogens is 378 g/mol. The van der Waals surface area contributed by atoms with Gasteiger partial charge in [0.05, 0.1) is 12.3 Å². The first-order chi connectivity index (χ1) is 14.4. The fraction of sp³-hybridized carbons (Fsp3) is 0.591. The third kappa shape index (κ3) is 4.85. The quantitative estimate of drug-likeness (QED) is 0.637. The molecule has 2 saturated carbocycles. The van der Waals surface area contributed by atoms with E-state index >= 15 is 0 Å². The predicted octanol–water partition coefficient (Wildman–Crippen LogP) is 3.27. The van der Waals surface area contributed by atoms with Gasteiger partial charge in [-0.1, -0.05) is 13.8 Å². The third-order valence-corrected chi connectivity index (χ3v) is 6.08. The lowest BCUT2D eigenvalue weighted by atomic mass is 9.73. The second-order valence-electron chi connectivity index (χ2n) is 9.10. The van der Waals surface area contributed by atoms with Crippen LogP contribution >= 0.6 is 0 Å². The zero-order chi connectivity index (χ0) is 21.1. The summed E-state index contributed by atoms with van der Waals surface area (Å²) in [4.78, 5) is 17.7. The molecule has 0 aromatic carbocycles. The molecule has 2 fully saturated rings. The number of aliphatic hydroxyl groups is 1. The van der Waals surface area contributed by atoms with E-state index in [4.69, 9.17) is 0 Å². The SMILES string of the molecule is CC1(C)C[C@H](Nc2nc(NCCc3cnc(C4CC4)nc3)ncc2C#N)CC[C@@H]1O.[HH]. The molecule has 2 aliphatic carbocycles. The lowest BCUT2D eigenvalue weighted by molar-refractivity contribution is 0.00926. The number of hydrogen-bond donors (Lipinski definition) is 3. The number of nitrogens with zero attached hydrogens (tertiary/aromatic N) is 5. The predicted molar refractivity (Wildman–Crippen MR) is 116 cm³/mol. The van der Waals surface area contributed by atoms with Crippen LogP contribution in [-0.4, -0.2) is 43.7 Å². The van der Waals surface area contributed by atoms with Gasteiger partial charge in [0.15, 0.2) is 0 Å². The summed E-state index contributed by atoms with van der Waals surface area (Å²) < 4.78 is 0. The fourth-order valence-electron chi connectivity index (χ4n) is 3.96. The van der Waals surface area contributed by atoms with Crippen LogP contribution in [0.3, 0.4) is 0 Å². The van der Waals surface area contributed by atoms with Crippen molar-refractivity contribution < 1.29 is 6.53 Å². The summed E-state index contributed by atoms with van der Waals surface area (Å²) >= 11 is 0. The van der Waals surface area contributed by atoms with Gasteiger partial charge in [-0.3, -0.25) is 0 Å². The minimum atomic E-state index is -0.295. The molecule has 2 aromatic heterocycles. The van der Waals surface area contributed by atoms with Gasteiger partial charge in [0, 0.05) is 32.3 Å².